The normalized spacial score (nSPS) is 20.4. The quantitative estimate of drug-likeness (QED) is 0.379. The number of halogens is 3. The van der Waals surface area contributed by atoms with Crippen LogP contribution in [0.1, 0.15) is 35.6 Å². The maximum atomic E-state index is 14.1. The van der Waals surface area contributed by atoms with E-state index in [1.165, 1.54) is 23.3 Å². The predicted octanol–water partition coefficient (Wildman–Crippen LogP) is 6.00. The van der Waals surface area contributed by atoms with E-state index < -0.39 is 11.7 Å². The second kappa shape index (κ2) is 10.7. The largest absolute Gasteiger partial charge is 0.483 e. The van der Waals surface area contributed by atoms with Crippen LogP contribution >= 0.6 is 0 Å². The van der Waals surface area contributed by atoms with Crippen molar-refractivity contribution in [2.45, 2.75) is 51.1 Å². The number of hydrogen-bond donors (Lipinski definition) is 0. The van der Waals surface area contributed by atoms with Crippen LogP contribution in [-0.4, -0.2) is 47.6 Å². The average Bonchev–Trinajstić information content (AvgIpc) is 3.57. The summed E-state index contributed by atoms with van der Waals surface area (Å²) in [6.45, 7) is 4.34. The van der Waals surface area contributed by atoms with Gasteiger partial charge in [0, 0.05) is 50.6 Å². The van der Waals surface area contributed by atoms with E-state index in [4.69, 9.17) is 4.74 Å². The van der Waals surface area contributed by atoms with E-state index in [-0.39, 0.29) is 18.1 Å². The Morgan fingerprint density at radius 3 is 2.27 bits per heavy atom. The van der Waals surface area contributed by atoms with Gasteiger partial charge >= 0.3 is 6.18 Å². The zero-order valence-corrected chi connectivity index (χ0v) is 22.4. The van der Waals surface area contributed by atoms with Crippen LogP contribution in [0, 0.1) is 0 Å². The van der Waals surface area contributed by atoms with E-state index in [9.17, 15) is 18.0 Å². The monoisotopic (exact) mass is 547 g/mol. The number of alkyl halides is 3. The van der Waals surface area contributed by atoms with Crippen LogP contribution in [0.25, 0.3) is 0 Å². The Morgan fingerprint density at radius 2 is 1.57 bits per heavy atom. The number of carbonyl (C=O) groups excluding carboxylic acids is 1. The first-order valence-electron chi connectivity index (χ1n) is 13.7. The molecular weight excluding hydrogens is 515 g/mol. The molecule has 3 aliphatic rings. The fourth-order valence-corrected chi connectivity index (χ4v) is 6.12. The smallest absolute Gasteiger partial charge is 0.416 e. The number of rotatable bonds is 6. The van der Waals surface area contributed by atoms with Crippen molar-refractivity contribution in [3.63, 3.8) is 0 Å². The number of benzene rings is 3. The van der Waals surface area contributed by atoms with Gasteiger partial charge in [-0.05, 0) is 41.8 Å². The molecule has 0 radical (unpaired) electrons. The number of amides is 1. The summed E-state index contributed by atoms with van der Waals surface area (Å²) in [6, 6.07) is 23.4. The number of fused-ring (bicyclic) bond motifs is 1. The van der Waals surface area contributed by atoms with Gasteiger partial charge in [0.2, 0.25) is 5.76 Å². The summed E-state index contributed by atoms with van der Waals surface area (Å²) in [7, 11) is 0. The molecule has 40 heavy (non-hydrogen) atoms. The SMILES string of the molecule is CC1CC(N2CCN(Cc3cccc(C(F)(F)F)c3)C2)=C(OC2Cc3ccccc3C2)C(=O)N1c1ccccc1. The van der Waals surface area contributed by atoms with Crippen molar-refractivity contribution in [1.82, 2.24) is 9.80 Å². The number of carbonyl (C=O) groups is 1. The molecule has 6 rings (SSSR count). The molecule has 1 aliphatic carbocycles. The average molecular weight is 548 g/mol. The maximum absolute atomic E-state index is 14.1. The molecule has 0 bridgehead atoms. The highest BCUT2D eigenvalue weighted by molar-refractivity contribution is 6.06. The third-order valence-electron chi connectivity index (χ3n) is 8.04. The Kier molecular flexibility index (Phi) is 7.04. The molecule has 5 nitrogen and oxygen atoms in total. The Morgan fingerprint density at radius 1 is 0.875 bits per heavy atom. The molecule has 3 aromatic carbocycles. The summed E-state index contributed by atoms with van der Waals surface area (Å²) in [4.78, 5) is 20.2. The predicted molar refractivity (Wildman–Crippen MR) is 147 cm³/mol. The highest BCUT2D eigenvalue weighted by atomic mass is 19.4. The minimum atomic E-state index is -4.37. The van der Waals surface area contributed by atoms with Crippen LogP contribution in [0.4, 0.5) is 18.9 Å². The van der Waals surface area contributed by atoms with E-state index in [0.717, 1.165) is 30.3 Å². The van der Waals surface area contributed by atoms with Gasteiger partial charge in [0.05, 0.1) is 17.9 Å². The van der Waals surface area contributed by atoms with Crippen molar-refractivity contribution >= 4 is 11.6 Å². The van der Waals surface area contributed by atoms with E-state index in [0.29, 0.717) is 44.0 Å². The van der Waals surface area contributed by atoms with Crippen molar-refractivity contribution < 1.29 is 22.7 Å². The standard InChI is InChI=1S/C32H32F3N3O2/c1-22-16-29(37-15-14-36(21-37)20-23-8-7-11-26(17-23)32(33,34)35)30(31(39)38(22)27-12-3-2-4-13-27)40-28-18-24-9-5-6-10-25(24)19-28/h2-13,17,22,28H,14-16,18-21H2,1H3. The van der Waals surface area contributed by atoms with E-state index in [1.807, 2.05) is 54.3 Å². The molecule has 0 aromatic heterocycles. The summed E-state index contributed by atoms with van der Waals surface area (Å²) in [5.41, 5.74) is 4.20. The fourth-order valence-electron chi connectivity index (χ4n) is 6.12. The molecule has 2 aliphatic heterocycles. The van der Waals surface area contributed by atoms with Gasteiger partial charge in [-0.2, -0.15) is 13.2 Å². The minimum Gasteiger partial charge on any atom is -0.483 e. The molecule has 2 heterocycles. The van der Waals surface area contributed by atoms with Crippen molar-refractivity contribution in [3.8, 4) is 0 Å². The van der Waals surface area contributed by atoms with Gasteiger partial charge < -0.3 is 14.5 Å². The first-order valence-corrected chi connectivity index (χ1v) is 13.7. The lowest BCUT2D eigenvalue weighted by molar-refractivity contribution is -0.137. The highest BCUT2D eigenvalue weighted by Gasteiger charge is 2.40. The molecular formula is C32H32F3N3O2. The van der Waals surface area contributed by atoms with Gasteiger partial charge in [0.15, 0.2) is 0 Å². The number of anilines is 1. The van der Waals surface area contributed by atoms with Gasteiger partial charge in [-0.3, -0.25) is 9.69 Å². The van der Waals surface area contributed by atoms with Crippen LogP contribution in [0.5, 0.6) is 0 Å². The molecule has 0 spiro atoms. The van der Waals surface area contributed by atoms with Crippen molar-refractivity contribution in [1.29, 1.82) is 0 Å². The van der Waals surface area contributed by atoms with Crippen molar-refractivity contribution in [3.05, 3.63) is 113 Å². The van der Waals surface area contributed by atoms with E-state index in [2.05, 4.69) is 21.9 Å². The van der Waals surface area contributed by atoms with Crippen LogP contribution in [0.3, 0.4) is 0 Å². The number of ether oxygens (including phenoxy) is 1. The van der Waals surface area contributed by atoms with E-state index >= 15 is 0 Å². The molecule has 1 atom stereocenters. The summed E-state index contributed by atoms with van der Waals surface area (Å²) < 4.78 is 46.3. The molecule has 0 N–H and O–H groups in total. The molecule has 1 saturated heterocycles. The molecule has 0 saturated carbocycles. The molecule has 8 heteroatoms. The lowest BCUT2D eigenvalue weighted by atomic mass is 10.0. The van der Waals surface area contributed by atoms with Gasteiger partial charge in [-0.25, -0.2) is 0 Å². The first-order chi connectivity index (χ1) is 19.3. The molecule has 208 valence electrons. The van der Waals surface area contributed by atoms with Crippen LogP contribution in [0.2, 0.25) is 0 Å². The number of para-hydroxylation sites is 1. The van der Waals surface area contributed by atoms with Gasteiger partial charge in [-0.15, -0.1) is 0 Å². The lowest BCUT2D eigenvalue weighted by Crippen LogP contribution is -2.47. The molecule has 1 unspecified atom stereocenters. The number of hydrogen-bond acceptors (Lipinski definition) is 4. The first kappa shape index (κ1) is 26.4. The van der Waals surface area contributed by atoms with Crippen LogP contribution < -0.4 is 4.90 Å². The second-order valence-electron chi connectivity index (χ2n) is 10.9. The topological polar surface area (TPSA) is 36.0 Å². The van der Waals surface area contributed by atoms with Gasteiger partial charge in [0.25, 0.3) is 5.91 Å². The van der Waals surface area contributed by atoms with Crippen molar-refractivity contribution in [2.24, 2.45) is 0 Å². The van der Waals surface area contributed by atoms with Crippen LogP contribution in [-0.2, 0) is 35.1 Å². The molecule has 1 fully saturated rings. The second-order valence-corrected chi connectivity index (χ2v) is 10.9. The molecule has 3 aromatic rings. The Labute approximate surface area is 232 Å². The van der Waals surface area contributed by atoms with Crippen molar-refractivity contribution in [2.75, 3.05) is 24.7 Å². The van der Waals surface area contributed by atoms with E-state index in [1.54, 1.807) is 6.07 Å². The number of nitrogens with zero attached hydrogens (tertiary/aromatic N) is 3. The zero-order chi connectivity index (χ0) is 27.9. The molecule has 1 amide bonds. The maximum Gasteiger partial charge on any atom is 0.416 e. The highest BCUT2D eigenvalue weighted by Crippen LogP contribution is 2.36. The fraction of sp³-hybridized carbons (Fsp3) is 0.344. The Hall–Kier alpha value is -3.78. The third-order valence-corrected chi connectivity index (χ3v) is 8.04. The van der Waals surface area contributed by atoms with Gasteiger partial charge in [-0.1, -0.05) is 60.7 Å². The Bertz CT molecular complexity index is 1400. The lowest BCUT2D eigenvalue weighted by Gasteiger charge is -2.39. The summed E-state index contributed by atoms with van der Waals surface area (Å²) >= 11 is 0. The third kappa shape index (κ3) is 5.32. The zero-order valence-electron chi connectivity index (χ0n) is 22.4. The summed E-state index contributed by atoms with van der Waals surface area (Å²) in [5.74, 6) is 0.243. The Balaban J connectivity index is 1.26. The van der Waals surface area contributed by atoms with Crippen LogP contribution in [0.15, 0.2) is 90.3 Å². The summed E-state index contributed by atoms with van der Waals surface area (Å²) in [5, 5.41) is 0. The van der Waals surface area contributed by atoms with Gasteiger partial charge in [0.1, 0.15) is 6.10 Å². The summed E-state index contributed by atoms with van der Waals surface area (Å²) in [6.07, 6.45) is -2.35. The minimum absolute atomic E-state index is 0.0736.